The second-order valence-electron chi connectivity index (χ2n) is 5.82. The lowest BCUT2D eigenvalue weighted by Crippen LogP contribution is -2.52. The van der Waals surface area contributed by atoms with Crippen LogP contribution in [-0.2, 0) is 9.53 Å². The van der Waals surface area contributed by atoms with Crippen LogP contribution in [0.3, 0.4) is 0 Å². The van der Waals surface area contributed by atoms with Crippen LogP contribution in [0.15, 0.2) is 48.7 Å². The monoisotopic (exact) mass is 345 g/mol. The van der Waals surface area contributed by atoms with E-state index in [1.807, 2.05) is 54.4 Å². The van der Waals surface area contributed by atoms with Crippen molar-refractivity contribution >= 4 is 17.5 Å². The molecule has 6 heteroatoms. The highest BCUT2D eigenvalue weighted by atomic mass is 35.5. The minimum Gasteiger partial charge on any atom is -0.378 e. The second-order valence-corrected chi connectivity index (χ2v) is 6.26. The number of hydrogen-bond acceptors (Lipinski definition) is 4. The van der Waals surface area contributed by atoms with E-state index in [9.17, 15) is 4.79 Å². The van der Waals surface area contributed by atoms with Gasteiger partial charge in [-0.1, -0.05) is 29.8 Å². The molecular formula is C18H20ClN3O2. The van der Waals surface area contributed by atoms with E-state index in [0.717, 1.165) is 17.8 Å². The summed E-state index contributed by atoms with van der Waals surface area (Å²) in [6.07, 6.45) is 1.72. The lowest BCUT2D eigenvalue weighted by atomic mass is 10.0. The van der Waals surface area contributed by atoms with Crippen LogP contribution >= 0.6 is 11.6 Å². The predicted octanol–water partition coefficient (Wildman–Crippen LogP) is 2.27. The van der Waals surface area contributed by atoms with E-state index in [-0.39, 0.29) is 18.0 Å². The Morgan fingerprint density at radius 3 is 2.96 bits per heavy atom. The summed E-state index contributed by atoms with van der Waals surface area (Å²) >= 11 is 6.12. The van der Waals surface area contributed by atoms with Crippen molar-refractivity contribution in [3.63, 3.8) is 0 Å². The Morgan fingerprint density at radius 2 is 2.25 bits per heavy atom. The molecule has 0 aliphatic carbocycles. The van der Waals surface area contributed by atoms with Gasteiger partial charge in [0.15, 0.2) is 0 Å². The van der Waals surface area contributed by atoms with Crippen molar-refractivity contribution in [3.8, 4) is 0 Å². The number of morpholine rings is 1. The third-order valence-electron chi connectivity index (χ3n) is 4.15. The number of rotatable bonds is 4. The number of hydrogen-bond donors (Lipinski definition) is 1. The van der Waals surface area contributed by atoms with Gasteiger partial charge in [-0.05, 0) is 36.9 Å². The SMILES string of the molecule is CN1CCOC[C@H]1C(=O)N[C@H](c1cccc(Cl)c1)c1ccccn1. The van der Waals surface area contributed by atoms with Gasteiger partial charge in [0, 0.05) is 17.8 Å². The summed E-state index contributed by atoms with van der Waals surface area (Å²) in [5, 5.41) is 3.72. The van der Waals surface area contributed by atoms with Crippen molar-refractivity contribution in [2.75, 3.05) is 26.8 Å². The first-order chi connectivity index (χ1) is 11.6. The summed E-state index contributed by atoms with van der Waals surface area (Å²) < 4.78 is 5.45. The number of pyridine rings is 1. The Kier molecular flexibility index (Phi) is 5.45. The van der Waals surface area contributed by atoms with Gasteiger partial charge in [-0.2, -0.15) is 0 Å². The summed E-state index contributed by atoms with van der Waals surface area (Å²) in [4.78, 5) is 19.2. The van der Waals surface area contributed by atoms with Crippen LogP contribution < -0.4 is 5.32 Å². The largest absolute Gasteiger partial charge is 0.378 e. The van der Waals surface area contributed by atoms with Crippen molar-refractivity contribution in [1.29, 1.82) is 0 Å². The van der Waals surface area contributed by atoms with Gasteiger partial charge in [-0.15, -0.1) is 0 Å². The number of amides is 1. The second kappa shape index (κ2) is 7.75. The van der Waals surface area contributed by atoms with Gasteiger partial charge >= 0.3 is 0 Å². The summed E-state index contributed by atoms with van der Waals surface area (Å²) in [5.41, 5.74) is 1.67. The Bertz CT molecular complexity index is 696. The Morgan fingerprint density at radius 1 is 1.38 bits per heavy atom. The van der Waals surface area contributed by atoms with Crippen molar-refractivity contribution in [1.82, 2.24) is 15.2 Å². The molecule has 0 radical (unpaired) electrons. The fourth-order valence-corrected chi connectivity index (χ4v) is 2.96. The van der Waals surface area contributed by atoms with Gasteiger partial charge < -0.3 is 10.1 Å². The molecule has 0 unspecified atom stereocenters. The average Bonchev–Trinajstić information content (AvgIpc) is 2.60. The van der Waals surface area contributed by atoms with Crippen LogP contribution in [-0.4, -0.2) is 48.6 Å². The van der Waals surface area contributed by atoms with Gasteiger partial charge in [0.1, 0.15) is 6.04 Å². The number of benzene rings is 1. The van der Waals surface area contributed by atoms with Gasteiger partial charge in [0.2, 0.25) is 5.91 Å². The number of nitrogens with one attached hydrogen (secondary N) is 1. The number of halogens is 1. The number of likely N-dealkylation sites (N-methyl/N-ethyl adjacent to an activating group) is 1. The first-order valence-electron chi connectivity index (χ1n) is 7.90. The number of carbonyl (C=O) groups excluding carboxylic acids is 1. The van der Waals surface area contributed by atoms with Gasteiger partial charge in [0.25, 0.3) is 0 Å². The van der Waals surface area contributed by atoms with Crippen LogP contribution in [0.25, 0.3) is 0 Å². The quantitative estimate of drug-likeness (QED) is 0.923. The van der Waals surface area contributed by atoms with Crippen LogP contribution in [0.1, 0.15) is 17.3 Å². The van der Waals surface area contributed by atoms with Crippen LogP contribution in [0.4, 0.5) is 0 Å². The Balaban J connectivity index is 1.86. The molecule has 1 aliphatic heterocycles. The van der Waals surface area contributed by atoms with Crippen LogP contribution in [0, 0.1) is 0 Å². The number of aromatic nitrogens is 1. The van der Waals surface area contributed by atoms with E-state index in [2.05, 4.69) is 10.3 Å². The molecule has 2 atom stereocenters. The fourth-order valence-electron chi connectivity index (χ4n) is 2.76. The molecule has 0 spiro atoms. The molecule has 126 valence electrons. The molecule has 1 aromatic heterocycles. The van der Waals surface area contributed by atoms with E-state index in [1.54, 1.807) is 6.20 Å². The minimum atomic E-state index is -0.354. The number of ether oxygens (including phenoxy) is 1. The van der Waals surface area contributed by atoms with E-state index >= 15 is 0 Å². The summed E-state index contributed by atoms with van der Waals surface area (Å²) in [7, 11) is 1.93. The third kappa shape index (κ3) is 3.93. The molecule has 1 fully saturated rings. The maximum absolute atomic E-state index is 12.8. The van der Waals surface area contributed by atoms with Gasteiger partial charge in [-0.3, -0.25) is 14.7 Å². The standard InChI is InChI=1S/C18H20ClN3O2/c1-22-9-10-24-12-16(22)18(23)21-17(15-7-2-3-8-20-15)13-5-4-6-14(19)11-13/h2-8,11,16-17H,9-10,12H2,1H3,(H,21,23)/t16-,17+/m0/s1. The molecule has 0 bridgehead atoms. The lowest BCUT2D eigenvalue weighted by molar-refractivity contribution is -0.131. The zero-order valence-corrected chi connectivity index (χ0v) is 14.2. The molecule has 1 aromatic carbocycles. The van der Waals surface area contributed by atoms with Gasteiger partial charge in [-0.25, -0.2) is 0 Å². The van der Waals surface area contributed by atoms with Crippen molar-refractivity contribution < 1.29 is 9.53 Å². The first-order valence-corrected chi connectivity index (χ1v) is 8.27. The molecule has 2 heterocycles. The zero-order valence-electron chi connectivity index (χ0n) is 13.5. The molecule has 2 aromatic rings. The van der Waals surface area contributed by atoms with E-state index in [1.165, 1.54) is 0 Å². The lowest BCUT2D eigenvalue weighted by Gasteiger charge is -2.32. The molecule has 0 saturated carbocycles. The zero-order chi connectivity index (χ0) is 16.9. The highest BCUT2D eigenvalue weighted by Crippen LogP contribution is 2.23. The molecule has 24 heavy (non-hydrogen) atoms. The van der Waals surface area contributed by atoms with Gasteiger partial charge in [0.05, 0.1) is 24.9 Å². The van der Waals surface area contributed by atoms with Crippen molar-refractivity contribution in [2.45, 2.75) is 12.1 Å². The van der Waals surface area contributed by atoms with Crippen LogP contribution in [0.2, 0.25) is 5.02 Å². The molecular weight excluding hydrogens is 326 g/mol. The normalized spacial score (nSPS) is 19.7. The van der Waals surface area contributed by atoms with Crippen molar-refractivity contribution in [3.05, 3.63) is 64.9 Å². The minimum absolute atomic E-state index is 0.0761. The fraction of sp³-hybridized carbons (Fsp3) is 0.333. The van der Waals surface area contributed by atoms with E-state index in [4.69, 9.17) is 16.3 Å². The first kappa shape index (κ1) is 16.9. The van der Waals surface area contributed by atoms with Crippen LogP contribution in [0.5, 0.6) is 0 Å². The molecule has 1 saturated heterocycles. The van der Waals surface area contributed by atoms with Crippen molar-refractivity contribution in [2.24, 2.45) is 0 Å². The molecule has 3 rings (SSSR count). The van der Waals surface area contributed by atoms with E-state index < -0.39 is 0 Å². The summed E-state index contributed by atoms with van der Waals surface area (Å²) in [6, 6.07) is 12.5. The summed E-state index contributed by atoms with van der Waals surface area (Å²) in [5.74, 6) is -0.0761. The highest BCUT2D eigenvalue weighted by Gasteiger charge is 2.29. The average molecular weight is 346 g/mol. The molecule has 1 amide bonds. The predicted molar refractivity (Wildman–Crippen MR) is 92.9 cm³/mol. The number of nitrogens with zero attached hydrogens (tertiary/aromatic N) is 2. The maximum Gasteiger partial charge on any atom is 0.240 e. The topological polar surface area (TPSA) is 54.5 Å². The summed E-state index contributed by atoms with van der Waals surface area (Å²) in [6.45, 7) is 1.79. The highest BCUT2D eigenvalue weighted by molar-refractivity contribution is 6.30. The molecule has 5 nitrogen and oxygen atoms in total. The number of carbonyl (C=O) groups is 1. The molecule has 1 aliphatic rings. The maximum atomic E-state index is 12.8. The molecule has 1 N–H and O–H groups in total. The Hall–Kier alpha value is -1.95. The smallest absolute Gasteiger partial charge is 0.240 e. The Labute approximate surface area is 146 Å². The third-order valence-corrected chi connectivity index (χ3v) is 4.39. The van der Waals surface area contributed by atoms with E-state index in [0.29, 0.717) is 18.2 Å².